The Hall–Kier alpha value is -0.800. The van der Waals surface area contributed by atoms with Gasteiger partial charge < -0.3 is 10.0 Å². The summed E-state index contributed by atoms with van der Waals surface area (Å²) in [6.07, 6.45) is 0.408. The Morgan fingerprint density at radius 2 is 2.00 bits per heavy atom. The molecule has 104 valence electrons. The van der Waals surface area contributed by atoms with Crippen LogP contribution in [-0.2, 0) is 5.67 Å². The Balaban J connectivity index is 0.00000289. The molecule has 2 nitrogen and oxygen atoms in total. The van der Waals surface area contributed by atoms with Crippen LogP contribution >= 0.6 is 12.4 Å². The predicted molar refractivity (Wildman–Crippen MR) is 76.1 cm³/mol. The first-order valence-electron chi connectivity index (χ1n) is 6.03. The summed E-state index contributed by atoms with van der Waals surface area (Å²) in [6, 6.07) is 6.53. The number of alkyl halides is 1. The Kier molecular flexibility index (Phi) is 6.64. The van der Waals surface area contributed by atoms with Crippen LogP contribution in [-0.4, -0.2) is 30.6 Å². The Morgan fingerprint density at radius 3 is 2.44 bits per heavy atom. The molecule has 0 fully saturated rings. The van der Waals surface area contributed by atoms with Gasteiger partial charge in [0, 0.05) is 12.5 Å². The number of phenols is 1. The predicted octanol–water partition coefficient (Wildman–Crippen LogP) is 3.59. The van der Waals surface area contributed by atoms with E-state index in [4.69, 9.17) is 0 Å². The van der Waals surface area contributed by atoms with Crippen molar-refractivity contribution in [3.05, 3.63) is 29.8 Å². The van der Waals surface area contributed by atoms with Crippen LogP contribution in [0.15, 0.2) is 24.3 Å². The fourth-order valence-electron chi connectivity index (χ4n) is 2.29. The van der Waals surface area contributed by atoms with Gasteiger partial charge in [-0.05, 0) is 38.2 Å². The van der Waals surface area contributed by atoms with E-state index in [1.807, 2.05) is 32.8 Å². The van der Waals surface area contributed by atoms with Crippen LogP contribution in [0.2, 0.25) is 0 Å². The number of phenolic OH excluding ortho intramolecular Hbond substituents is 1. The molecule has 1 rings (SSSR count). The van der Waals surface area contributed by atoms with Gasteiger partial charge in [0.15, 0.2) is 0 Å². The number of hydrogen-bond donors (Lipinski definition) is 1. The third-order valence-corrected chi connectivity index (χ3v) is 3.26. The van der Waals surface area contributed by atoms with E-state index in [1.165, 1.54) is 6.07 Å². The molecular weight excluding hydrogens is 253 g/mol. The van der Waals surface area contributed by atoms with Gasteiger partial charge in [0.25, 0.3) is 0 Å². The fraction of sp³-hybridized carbons (Fsp3) is 0.571. The third-order valence-electron chi connectivity index (χ3n) is 3.26. The average molecular weight is 276 g/mol. The van der Waals surface area contributed by atoms with Crippen molar-refractivity contribution in [2.24, 2.45) is 5.92 Å². The molecule has 0 saturated carbocycles. The summed E-state index contributed by atoms with van der Waals surface area (Å²) in [5, 5.41) is 9.46. The molecule has 1 N–H and O–H groups in total. The Bertz CT molecular complexity index is 373. The number of hydrogen-bond acceptors (Lipinski definition) is 2. The van der Waals surface area contributed by atoms with Crippen LogP contribution in [0.4, 0.5) is 4.39 Å². The molecule has 0 aliphatic rings. The molecule has 0 aromatic heterocycles. The topological polar surface area (TPSA) is 23.5 Å². The summed E-state index contributed by atoms with van der Waals surface area (Å²) < 4.78 is 15.0. The molecule has 0 bridgehead atoms. The molecule has 0 spiro atoms. The quantitative estimate of drug-likeness (QED) is 0.888. The molecule has 1 aromatic carbocycles. The van der Waals surface area contributed by atoms with E-state index in [2.05, 4.69) is 0 Å². The highest BCUT2D eigenvalue weighted by molar-refractivity contribution is 5.85. The van der Waals surface area contributed by atoms with Crippen LogP contribution in [0.25, 0.3) is 0 Å². The summed E-state index contributed by atoms with van der Waals surface area (Å²) in [5.74, 6) is -0.000622. The first-order chi connectivity index (χ1) is 7.90. The van der Waals surface area contributed by atoms with Crippen LogP contribution in [0.5, 0.6) is 5.75 Å². The van der Waals surface area contributed by atoms with Crippen LogP contribution < -0.4 is 0 Å². The summed E-state index contributed by atoms with van der Waals surface area (Å²) in [4.78, 5) is 1.98. The van der Waals surface area contributed by atoms with Crippen molar-refractivity contribution in [2.45, 2.75) is 25.9 Å². The largest absolute Gasteiger partial charge is 0.508 e. The standard InChI is InChI=1S/C14H22FNO.ClH/c1-5-14(15,11(2)10-16(3)4)12-7-6-8-13(17)9-12;/h6-9,11,17H,5,10H2,1-4H3;1H/t11-,14-;/m0./s1. The molecule has 0 heterocycles. The van der Waals surface area contributed by atoms with Crippen molar-refractivity contribution >= 4 is 12.4 Å². The lowest BCUT2D eigenvalue weighted by Gasteiger charge is -2.33. The highest BCUT2D eigenvalue weighted by atomic mass is 35.5. The molecule has 0 unspecified atom stereocenters. The minimum atomic E-state index is -1.39. The fourth-order valence-corrected chi connectivity index (χ4v) is 2.29. The van der Waals surface area contributed by atoms with Crippen LogP contribution in [0.3, 0.4) is 0 Å². The van der Waals surface area contributed by atoms with E-state index >= 15 is 4.39 Å². The van der Waals surface area contributed by atoms with E-state index in [1.54, 1.807) is 18.2 Å². The zero-order valence-corrected chi connectivity index (χ0v) is 12.3. The molecule has 0 saturated heterocycles. The summed E-state index contributed by atoms with van der Waals surface area (Å²) in [5.41, 5.74) is -0.822. The van der Waals surface area contributed by atoms with E-state index < -0.39 is 5.67 Å². The van der Waals surface area contributed by atoms with Gasteiger partial charge >= 0.3 is 0 Å². The number of aromatic hydroxyl groups is 1. The Labute approximate surface area is 115 Å². The molecule has 0 aliphatic heterocycles. The van der Waals surface area contributed by atoms with Gasteiger partial charge in [0.05, 0.1) is 0 Å². The second kappa shape index (κ2) is 6.95. The van der Waals surface area contributed by atoms with E-state index in [-0.39, 0.29) is 24.1 Å². The van der Waals surface area contributed by atoms with Gasteiger partial charge in [-0.3, -0.25) is 0 Å². The number of halogens is 2. The highest BCUT2D eigenvalue weighted by Gasteiger charge is 2.36. The number of rotatable bonds is 5. The second-order valence-corrected chi connectivity index (χ2v) is 4.93. The van der Waals surface area contributed by atoms with E-state index in [9.17, 15) is 5.11 Å². The van der Waals surface area contributed by atoms with Crippen molar-refractivity contribution in [1.29, 1.82) is 0 Å². The lowest BCUT2D eigenvalue weighted by atomic mass is 9.81. The molecule has 0 aliphatic carbocycles. The van der Waals surface area contributed by atoms with Gasteiger partial charge in [0.1, 0.15) is 11.4 Å². The zero-order valence-electron chi connectivity index (χ0n) is 11.5. The van der Waals surface area contributed by atoms with Gasteiger partial charge in [-0.2, -0.15) is 0 Å². The molecule has 2 atom stereocenters. The molecule has 18 heavy (non-hydrogen) atoms. The molecule has 1 aromatic rings. The van der Waals surface area contributed by atoms with Crippen molar-refractivity contribution in [3.8, 4) is 5.75 Å². The number of benzene rings is 1. The normalized spacial score (nSPS) is 15.9. The van der Waals surface area contributed by atoms with Gasteiger partial charge in [0.2, 0.25) is 0 Å². The Morgan fingerprint density at radius 1 is 1.39 bits per heavy atom. The van der Waals surface area contributed by atoms with Crippen molar-refractivity contribution < 1.29 is 9.50 Å². The summed E-state index contributed by atoms with van der Waals surface area (Å²) >= 11 is 0. The van der Waals surface area contributed by atoms with Crippen molar-refractivity contribution in [3.63, 3.8) is 0 Å². The average Bonchev–Trinajstić information content (AvgIpc) is 2.27. The van der Waals surface area contributed by atoms with Crippen molar-refractivity contribution in [1.82, 2.24) is 4.90 Å². The van der Waals surface area contributed by atoms with Crippen molar-refractivity contribution in [2.75, 3.05) is 20.6 Å². The van der Waals surface area contributed by atoms with Gasteiger partial charge in [-0.15, -0.1) is 12.4 Å². The molecule has 0 radical (unpaired) electrons. The summed E-state index contributed by atoms with van der Waals surface area (Å²) in [7, 11) is 3.88. The number of nitrogens with zero attached hydrogens (tertiary/aromatic N) is 1. The molecular formula is C14H23ClFNO. The van der Waals surface area contributed by atoms with E-state index in [0.29, 0.717) is 18.5 Å². The third kappa shape index (κ3) is 3.85. The SMILES string of the molecule is CC[C@@](F)(c1cccc(O)c1)[C@@H](C)CN(C)C.Cl. The van der Waals surface area contributed by atoms with Gasteiger partial charge in [-0.25, -0.2) is 4.39 Å². The maximum absolute atomic E-state index is 15.0. The maximum atomic E-state index is 15.0. The first kappa shape index (κ1) is 17.2. The minimum absolute atomic E-state index is 0. The first-order valence-corrected chi connectivity index (χ1v) is 6.03. The molecule has 0 amide bonds. The van der Waals surface area contributed by atoms with Gasteiger partial charge in [-0.1, -0.05) is 26.0 Å². The zero-order chi connectivity index (χ0) is 13.1. The molecule has 4 heteroatoms. The van der Waals surface area contributed by atoms with Crippen LogP contribution in [0.1, 0.15) is 25.8 Å². The van der Waals surface area contributed by atoms with E-state index in [0.717, 1.165) is 0 Å². The highest BCUT2D eigenvalue weighted by Crippen LogP contribution is 2.38. The maximum Gasteiger partial charge on any atom is 0.139 e. The monoisotopic (exact) mass is 275 g/mol. The lowest BCUT2D eigenvalue weighted by Crippen LogP contribution is -2.35. The lowest BCUT2D eigenvalue weighted by molar-refractivity contribution is 0.0658. The smallest absolute Gasteiger partial charge is 0.139 e. The second-order valence-electron chi connectivity index (χ2n) is 4.93. The van der Waals surface area contributed by atoms with Crippen LogP contribution in [0, 0.1) is 5.92 Å². The minimum Gasteiger partial charge on any atom is -0.508 e. The summed E-state index contributed by atoms with van der Waals surface area (Å²) in [6.45, 7) is 4.43.